The molecule has 9 nitrogen and oxygen atoms in total. The zero-order valence-electron chi connectivity index (χ0n) is 29.4. The quantitative estimate of drug-likeness (QED) is 0.107. The minimum absolute atomic E-state index is 0.0756. The first kappa shape index (κ1) is 36.0. The predicted molar refractivity (Wildman–Crippen MR) is 196 cm³/mol. The second-order valence-corrected chi connectivity index (χ2v) is 12.9. The summed E-state index contributed by atoms with van der Waals surface area (Å²) in [7, 11) is 1.62. The molecule has 5 aromatic rings. The summed E-state index contributed by atoms with van der Waals surface area (Å²) >= 11 is 0. The smallest absolute Gasteiger partial charge is 0.251 e. The van der Waals surface area contributed by atoms with Crippen LogP contribution in [0, 0.1) is 13.8 Å². The van der Waals surface area contributed by atoms with Crippen LogP contribution in [-0.2, 0) is 24.2 Å². The van der Waals surface area contributed by atoms with E-state index in [9.17, 15) is 14.7 Å². The lowest BCUT2D eigenvalue weighted by molar-refractivity contribution is -0.120. The highest BCUT2D eigenvalue weighted by atomic mass is 16.5. The number of benzene rings is 3. The van der Waals surface area contributed by atoms with E-state index >= 15 is 0 Å². The molecule has 0 saturated carbocycles. The van der Waals surface area contributed by atoms with E-state index < -0.39 is 6.10 Å². The summed E-state index contributed by atoms with van der Waals surface area (Å²) < 4.78 is 7.29. The molecule has 0 aliphatic carbocycles. The van der Waals surface area contributed by atoms with E-state index in [-0.39, 0.29) is 30.3 Å². The molecule has 0 aliphatic heterocycles. The number of aryl methyl sites for hydroxylation is 2. The van der Waals surface area contributed by atoms with Gasteiger partial charge in [-0.05, 0) is 98.8 Å². The van der Waals surface area contributed by atoms with Crippen molar-refractivity contribution in [2.24, 2.45) is 0 Å². The van der Waals surface area contributed by atoms with Crippen LogP contribution in [-0.4, -0.2) is 46.2 Å². The van der Waals surface area contributed by atoms with E-state index in [1.54, 1.807) is 25.4 Å². The molecule has 0 spiro atoms. The van der Waals surface area contributed by atoms with Crippen LogP contribution in [0.1, 0.15) is 75.6 Å². The fraction of sp³-hybridized carbons (Fsp3) is 0.293. The number of hydrogen-bond acceptors (Lipinski definition) is 6. The van der Waals surface area contributed by atoms with Crippen molar-refractivity contribution >= 4 is 11.8 Å². The number of pyridine rings is 1. The zero-order chi connectivity index (χ0) is 35.6. The highest BCUT2D eigenvalue weighted by Gasteiger charge is 2.14. The Morgan fingerprint density at radius 1 is 0.840 bits per heavy atom. The third-order valence-corrected chi connectivity index (χ3v) is 8.88. The highest BCUT2D eigenvalue weighted by molar-refractivity contribution is 5.94. The summed E-state index contributed by atoms with van der Waals surface area (Å²) in [5.74, 6) is 1.37. The normalized spacial score (nSPS) is 12.9. The molecular weight excluding hydrogens is 626 g/mol. The fourth-order valence-corrected chi connectivity index (χ4v) is 5.96. The van der Waals surface area contributed by atoms with E-state index in [1.807, 2.05) is 81.4 Å². The van der Waals surface area contributed by atoms with Gasteiger partial charge >= 0.3 is 0 Å². The number of rotatable bonds is 15. The maximum absolute atomic E-state index is 12.8. The number of carbonyl (C=O) groups excluding carboxylic acids is 2. The molecule has 50 heavy (non-hydrogen) atoms. The molecule has 0 radical (unpaired) electrons. The summed E-state index contributed by atoms with van der Waals surface area (Å²) in [5, 5.41) is 20.2. The van der Waals surface area contributed by atoms with E-state index in [0.29, 0.717) is 18.7 Å². The minimum Gasteiger partial charge on any atom is -0.497 e. The summed E-state index contributed by atoms with van der Waals surface area (Å²) in [6, 6.07) is 30.9. The zero-order valence-corrected chi connectivity index (χ0v) is 29.4. The Labute approximate surface area is 294 Å². The van der Waals surface area contributed by atoms with Crippen molar-refractivity contribution in [3.05, 3.63) is 148 Å². The molecule has 3 aromatic carbocycles. The van der Waals surface area contributed by atoms with Crippen molar-refractivity contribution in [3.63, 3.8) is 0 Å². The Morgan fingerprint density at radius 2 is 1.52 bits per heavy atom. The van der Waals surface area contributed by atoms with Crippen LogP contribution in [0.5, 0.6) is 5.75 Å². The minimum atomic E-state index is -0.678. The molecule has 3 atom stereocenters. The number of hydrogen-bond donors (Lipinski definition) is 4. The lowest BCUT2D eigenvalue weighted by atomic mass is 10.0. The number of nitrogens with zero attached hydrogens (tertiary/aromatic N) is 2. The summed E-state index contributed by atoms with van der Waals surface area (Å²) in [6.07, 6.45) is 2.08. The molecule has 2 aromatic heterocycles. The van der Waals surface area contributed by atoms with Crippen molar-refractivity contribution in [3.8, 4) is 11.6 Å². The monoisotopic (exact) mass is 673 g/mol. The van der Waals surface area contributed by atoms with Crippen LogP contribution in [0.3, 0.4) is 0 Å². The first-order valence-corrected chi connectivity index (χ1v) is 17.0. The average molecular weight is 674 g/mol. The fourth-order valence-electron chi connectivity index (χ4n) is 5.96. The molecule has 260 valence electrons. The average Bonchev–Trinajstić information content (AvgIpc) is 3.47. The molecule has 0 fully saturated rings. The van der Waals surface area contributed by atoms with Gasteiger partial charge in [0.15, 0.2) is 0 Å². The van der Waals surface area contributed by atoms with Crippen LogP contribution < -0.4 is 20.7 Å². The van der Waals surface area contributed by atoms with Gasteiger partial charge in [-0.15, -0.1) is 0 Å². The van der Waals surface area contributed by atoms with E-state index in [2.05, 4.69) is 56.7 Å². The van der Waals surface area contributed by atoms with Gasteiger partial charge in [0, 0.05) is 47.8 Å². The van der Waals surface area contributed by atoms with E-state index in [4.69, 9.17) is 4.74 Å². The van der Waals surface area contributed by atoms with E-state index in [1.165, 1.54) is 0 Å². The second kappa shape index (κ2) is 16.9. The second-order valence-electron chi connectivity index (χ2n) is 12.9. The Kier molecular flexibility index (Phi) is 12.2. The summed E-state index contributed by atoms with van der Waals surface area (Å²) in [5.41, 5.74) is 7.50. The predicted octanol–water partition coefficient (Wildman–Crippen LogP) is 6.10. The molecule has 4 N–H and O–H groups in total. The lowest BCUT2D eigenvalue weighted by Gasteiger charge is -2.18. The van der Waals surface area contributed by atoms with Crippen LogP contribution in [0.4, 0.5) is 0 Å². The maximum Gasteiger partial charge on any atom is 0.251 e. The SMILES string of the molecule is COc1ccc(C(C)NC(=O)c2ccc(CNC(=O)Cc3cccc(CC(C)NCC(O)c4ccc(-n5c(C)ccc5C)nc4)c3)cc2)cc1. The topological polar surface area (TPSA) is 118 Å². The largest absolute Gasteiger partial charge is 0.497 e. The summed E-state index contributed by atoms with van der Waals surface area (Å²) in [4.78, 5) is 30.2. The van der Waals surface area contributed by atoms with Gasteiger partial charge in [0.1, 0.15) is 11.6 Å². The number of nitrogens with one attached hydrogen (secondary N) is 3. The third-order valence-electron chi connectivity index (χ3n) is 8.88. The van der Waals surface area contributed by atoms with Crippen LogP contribution in [0.15, 0.2) is 103 Å². The molecule has 0 aliphatic rings. The van der Waals surface area contributed by atoms with Crippen molar-refractivity contribution in [1.29, 1.82) is 0 Å². The van der Waals surface area contributed by atoms with Gasteiger partial charge in [0.05, 0.1) is 25.7 Å². The van der Waals surface area contributed by atoms with Crippen LogP contribution in [0.25, 0.3) is 5.82 Å². The first-order valence-electron chi connectivity index (χ1n) is 17.0. The lowest BCUT2D eigenvalue weighted by Crippen LogP contribution is -2.32. The van der Waals surface area contributed by atoms with Crippen molar-refractivity contribution in [2.75, 3.05) is 13.7 Å². The van der Waals surface area contributed by atoms with Gasteiger partial charge in [0.25, 0.3) is 5.91 Å². The van der Waals surface area contributed by atoms with Crippen LogP contribution >= 0.6 is 0 Å². The number of aliphatic hydroxyl groups excluding tert-OH is 1. The first-order chi connectivity index (χ1) is 24.1. The number of ether oxygens (including phenoxy) is 1. The number of carbonyl (C=O) groups is 2. The molecule has 2 heterocycles. The van der Waals surface area contributed by atoms with Crippen molar-refractivity contribution in [1.82, 2.24) is 25.5 Å². The Hall–Kier alpha value is -5.25. The van der Waals surface area contributed by atoms with Crippen molar-refractivity contribution in [2.45, 2.75) is 65.3 Å². The number of methoxy groups -OCH3 is 1. The third kappa shape index (κ3) is 9.68. The number of aromatic nitrogens is 2. The summed E-state index contributed by atoms with van der Waals surface area (Å²) in [6.45, 7) is 8.89. The van der Waals surface area contributed by atoms with Gasteiger partial charge in [-0.3, -0.25) is 9.59 Å². The molecule has 2 amide bonds. The Morgan fingerprint density at radius 3 is 2.18 bits per heavy atom. The van der Waals surface area contributed by atoms with E-state index in [0.717, 1.165) is 57.2 Å². The van der Waals surface area contributed by atoms with Gasteiger partial charge in [-0.25, -0.2) is 4.98 Å². The Balaban J connectivity index is 1.04. The number of aliphatic hydroxyl groups is 1. The molecule has 0 bridgehead atoms. The van der Waals surface area contributed by atoms with Gasteiger partial charge in [0.2, 0.25) is 5.91 Å². The Bertz CT molecular complexity index is 1850. The molecule has 0 saturated heterocycles. The molecule has 5 rings (SSSR count). The number of amides is 2. The van der Waals surface area contributed by atoms with Crippen LogP contribution in [0.2, 0.25) is 0 Å². The van der Waals surface area contributed by atoms with Gasteiger partial charge in [-0.2, -0.15) is 0 Å². The van der Waals surface area contributed by atoms with Gasteiger partial charge < -0.3 is 30.4 Å². The van der Waals surface area contributed by atoms with Gasteiger partial charge in [-0.1, -0.05) is 54.6 Å². The van der Waals surface area contributed by atoms with Crippen molar-refractivity contribution < 1.29 is 19.4 Å². The standard InChI is InChI=1S/C41H47N5O4/c1-27(42-26-38(47)36-17-20-39(43-25-36)46-28(2)9-10-29(46)3)21-32-7-6-8-33(22-32)23-40(48)44-24-31-11-13-35(14-12-31)41(49)45-30(4)34-15-18-37(50-5)19-16-34/h6-20,22,25,27,30,38,42,47H,21,23-24,26H2,1-5H3,(H,44,48)(H,45,49). The maximum atomic E-state index is 12.8. The highest BCUT2D eigenvalue weighted by Crippen LogP contribution is 2.19. The molecule has 3 unspecified atom stereocenters. The molecule has 9 heteroatoms. The molecular formula is C41H47N5O4.